The van der Waals surface area contributed by atoms with Gasteiger partial charge in [0.15, 0.2) is 0 Å². The smallest absolute Gasteiger partial charge is 0.326 e. The molecule has 4 unspecified atom stereocenters. The SMILES string of the molecule is NC(=O)CC(NC(=O)C(N)CCC(=O)O)C(=O)NC(Cc1cnc[nH]1)C(=O)NC(CCC(=O)O)C(=O)O. The van der Waals surface area contributed by atoms with Crippen molar-refractivity contribution in [2.75, 3.05) is 0 Å². The van der Waals surface area contributed by atoms with Crippen LogP contribution in [0.3, 0.4) is 0 Å². The zero-order valence-electron chi connectivity index (χ0n) is 19.5. The topological polar surface area (TPSA) is 297 Å². The average Bonchev–Trinajstić information content (AvgIpc) is 3.31. The molecular formula is C20H29N7O10. The van der Waals surface area contributed by atoms with Crippen LogP contribution in [-0.2, 0) is 40.0 Å². The predicted octanol–water partition coefficient (Wildman–Crippen LogP) is -3.58. The van der Waals surface area contributed by atoms with E-state index in [2.05, 4.69) is 25.9 Å². The highest BCUT2D eigenvalue weighted by atomic mass is 16.4. The number of hydrogen-bond donors (Lipinski definition) is 9. The summed E-state index contributed by atoms with van der Waals surface area (Å²) in [7, 11) is 0. The fourth-order valence-corrected chi connectivity index (χ4v) is 2.99. The fraction of sp³-hybridized carbons (Fsp3) is 0.500. The van der Waals surface area contributed by atoms with Crippen molar-refractivity contribution < 1.29 is 48.9 Å². The number of H-pyrrole nitrogens is 1. The molecule has 11 N–H and O–H groups in total. The third-order valence-electron chi connectivity index (χ3n) is 4.92. The van der Waals surface area contributed by atoms with E-state index in [9.17, 15) is 38.7 Å². The lowest BCUT2D eigenvalue weighted by Gasteiger charge is -2.24. The molecule has 0 spiro atoms. The number of aromatic amines is 1. The van der Waals surface area contributed by atoms with Gasteiger partial charge < -0.3 is 47.7 Å². The number of aromatic nitrogens is 2. The molecule has 0 bridgehead atoms. The number of carbonyl (C=O) groups is 7. The van der Waals surface area contributed by atoms with Crippen molar-refractivity contribution in [3.63, 3.8) is 0 Å². The molecule has 0 saturated heterocycles. The standard InChI is InChI=1S/C20H29N7O10/c21-10(1-3-15(29)30)17(33)26-13(6-14(22)28)19(35)27-12(5-9-7-23-8-24-9)18(34)25-11(20(36)37)2-4-16(31)32/h7-8,10-13H,1-6,21H2,(H2,22,28)(H,23,24)(H,25,34)(H,26,33)(H,27,35)(H,29,30)(H,31,32)(H,36,37). The number of nitrogens with two attached hydrogens (primary N) is 2. The number of carboxylic acid groups (broad SMARTS) is 3. The van der Waals surface area contributed by atoms with Gasteiger partial charge in [-0.3, -0.25) is 28.8 Å². The minimum absolute atomic E-state index is 0.224. The van der Waals surface area contributed by atoms with Crippen LogP contribution < -0.4 is 27.4 Å². The largest absolute Gasteiger partial charge is 0.481 e. The summed E-state index contributed by atoms with van der Waals surface area (Å²) >= 11 is 0. The number of imidazole rings is 1. The number of rotatable bonds is 17. The molecule has 0 aromatic carbocycles. The first-order valence-corrected chi connectivity index (χ1v) is 10.9. The molecule has 204 valence electrons. The summed E-state index contributed by atoms with van der Waals surface area (Å²) in [5.74, 6) is -7.97. The Balaban J connectivity index is 3.05. The first-order chi connectivity index (χ1) is 17.3. The van der Waals surface area contributed by atoms with Gasteiger partial charge in [0.2, 0.25) is 23.6 Å². The van der Waals surface area contributed by atoms with Gasteiger partial charge in [0.1, 0.15) is 18.1 Å². The van der Waals surface area contributed by atoms with Gasteiger partial charge in [-0.1, -0.05) is 0 Å². The summed E-state index contributed by atoms with van der Waals surface area (Å²) in [6, 6.07) is -5.96. The van der Waals surface area contributed by atoms with Crippen LogP contribution in [0.2, 0.25) is 0 Å². The number of aliphatic carboxylic acids is 3. The zero-order valence-corrected chi connectivity index (χ0v) is 19.5. The highest BCUT2D eigenvalue weighted by molar-refractivity contribution is 5.96. The van der Waals surface area contributed by atoms with E-state index in [4.69, 9.17) is 21.7 Å². The maximum absolute atomic E-state index is 12.9. The Hall–Kier alpha value is -4.54. The van der Waals surface area contributed by atoms with Gasteiger partial charge in [-0.2, -0.15) is 0 Å². The van der Waals surface area contributed by atoms with Gasteiger partial charge in [-0.05, 0) is 12.8 Å². The molecule has 4 atom stereocenters. The van der Waals surface area contributed by atoms with E-state index < -0.39 is 91.4 Å². The molecule has 0 aliphatic rings. The van der Waals surface area contributed by atoms with Gasteiger partial charge in [0.05, 0.1) is 18.8 Å². The van der Waals surface area contributed by atoms with Crippen LogP contribution in [0.1, 0.15) is 37.8 Å². The predicted molar refractivity (Wildman–Crippen MR) is 121 cm³/mol. The molecule has 0 saturated carbocycles. The summed E-state index contributed by atoms with van der Waals surface area (Å²) in [6.45, 7) is 0. The van der Waals surface area contributed by atoms with Crippen molar-refractivity contribution in [1.82, 2.24) is 25.9 Å². The molecule has 37 heavy (non-hydrogen) atoms. The highest BCUT2D eigenvalue weighted by Gasteiger charge is 2.31. The van der Waals surface area contributed by atoms with Crippen molar-refractivity contribution in [3.05, 3.63) is 18.2 Å². The second-order valence-electron chi connectivity index (χ2n) is 7.94. The average molecular weight is 527 g/mol. The number of nitrogens with one attached hydrogen (secondary N) is 4. The molecule has 17 heteroatoms. The maximum atomic E-state index is 12.9. The Kier molecular flexibility index (Phi) is 12.2. The number of primary amides is 1. The van der Waals surface area contributed by atoms with E-state index in [0.717, 1.165) is 0 Å². The van der Waals surface area contributed by atoms with Crippen molar-refractivity contribution in [2.45, 2.75) is 62.7 Å². The van der Waals surface area contributed by atoms with Crippen LogP contribution in [0, 0.1) is 0 Å². The molecule has 4 amide bonds. The van der Waals surface area contributed by atoms with Crippen LogP contribution in [-0.4, -0.2) is 91.0 Å². The maximum Gasteiger partial charge on any atom is 0.326 e. The molecule has 1 rings (SSSR count). The minimum Gasteiger partial charge on any atom is -0.481 e. The Bertz CT molecular complexity index is 998. The second kappa shape index (κ2) is 14.8. The number of amides is 4. The van der Waals surface area contributed by atoms with Crippen LogP contribution in [0.4, 0.5) is 0 Å². The third-order valence-corrected chi connectivity index (χ3v) is 4.92. The number of carboxylic acids is 3. The number of carbonyl (C=O) groups excluding carboxylic acids is 4. The molecular weight excluding hydrogens is 498 g/mol. The first-order valence-electron chi connectivity index (χ1n) is 10.9. The summed E-state index contributed by atoms with van der Waals surface area (Å²) in [5.41, 5.74) is 11.1. The normalized spacial score (nSPS) is 13.9. The zero-order chi connectivity index (χ0) is 28.1. The van der Waals surface area contributed by atoms with Crippen molar-refractivity contribution in [3.8, 4) is 0 Å². The van der Waals surface area contributed by atoms with E-state index in [1.165, 1.54) is 12.5 Å². The van der Waals surface area contributed by atoms with Gasteiger partial charge in [0, 0.05) is 31.2 Å². The van der Waals surface area contributed by atoms with E-state index in [1.54, 1.807) is 0 Å². The number of hydrogen-bond acceptors (Lipinski definition) is 9. The lowest BCUT2D eigenvalue weighted by atomic mass is 10.1. The van der Waals surface area contributed by atoms with Gasteiger partial charge >= 0.3 is 17.9 Å². The minimum atomic E-state index is -1.60. The first kappa shape index (κ1) is 30.5. The second-order valence-corrected chi connectivity index (χ2v) is 7.94. The van der Waals surface area contributed by atoms with Crippen LogP contribution in [0.25, 0.3) is 0 Å². The lowest BCUT2D eigenvalue weighted by Crippen LogP contribution is -2.58. The monoisotopic (exact) mass is 527 g/mol. The van der Waals surface area contributed by atoms with Gasteiger partial charge in [-0.15, -0.1) is 0 Å². The molecule has 0 fully saturated rings. The van der Waals surface area contributed by atoms with Crippen molar-refractivity contribution in [2.24, 2.45) is 11.5 Å². The molecule has 1 aromatic rings. The van der Waals surface area contributed by atoms with E-state index in [1.807, 2.05) is 0 Å². The van der Waals surface area contributed by atoms with E-state index in [0.29, 0.717) is 5.69 Å². The summed E-state index contributed by atoms with van der Waals surface area (Å²) < 4.78 is 0. The van der Waals surface area contributed by atoms with Crippen molar-refractivity contribution in [1.29, 1.82) is 0 Å². The molecule has 0 radical (unpaired) electrons. The Morgan fingerprint density at radius 3 is 1.89 bits per heavy atom. The van der Waals surface area contributed by atoms with E-state index >= 15 is 0 Å². The lowest BCUT2D eigenvalue weighted by molar-refractivity contribution is -0.143. The third kappa shape index (κ3) is 11.6. The quantitative estimate of drug-likeness (QED) is 0.0950. The molecule has 17 nitrogen and oxygen atoms in total. The molecule has 1 heterocycles. The van der Waals surface area contributed by atoms with Gasteiger partial charge in [0.25, 0.3) is 0 Å². The Morgan fingerprint density at radius 1 is 0.838 bits per heavy atom. The number of nitrogens with zero attached hydrogens (tertiary/aromatic N) is 1. The fourth-order valence-electron chi connectivity index (χ4n) is 2.99. The molecule has 0 aliphatic heterocycles. The molecule has 1 aromatic heterocycles. The molecule has 0 aliphatic carbocycles. The van der Waals surface area contributed by atoms with E-state index in [-0.39, 0.29) is 12.8 Å². The summed E-state index contributed by atoms with van der Waals surface area (Å²) in [4.78, 5) is 89.0. The van der Waals surface area contributed by atoms with Crippen molar-refractivity contribution >= 4 is 41.5 Å². The van der Waals surface area contributed by atoms with Crippen LogP contribution >= 0.6 is 0 Å². The van der Waals surface area contributed by atoms with Crippen LogP contribution in [0.15, 0.2) is 12.5 Å². The highest BCUT2D eigenvalue weighted by Crippen LogP contribution is 2.05. The Labute approximate surface area is 209 Å². The van der Waals surface area contributed by atoms with Crippen LogP contribution in [0.5, 0.6) is 0 Å². The van der Waals surface area contributed by atoms with Gasteiger partial charge in [-0.25, -0.2) is 9.78 Å². The Morgan fingerprint density at radius 2 is 1.38 bits per heavy atom. The summed E-state index contributed by atoms with van der Waals surface area (Å²) in [5, 5.41) is 33.5. The summed E-state index contributed by atoms with van der Waals surface area (Å²) in [6.07, 6.45) is 0.0170.